The molecule has 1 atom stereocenters. The van der Waals surface area contributed by atoms with Gasteiger partial charge in [0.15, 0.2) is 0 Å². The second kappa shape index (κ2) is 6.60. The molecule has 0 N–H and O–H groups in total. The van der Waals surface area contributed by atoms with Crippen molar-refractivity contribution in [1.82, 2.24) is 9.97 Å². The molecule has 1 aromatic rings. The average molecular weight is 317 g/mol. The molecule has 2 rings (SSSR count). The minimum Gasteiger partial charge on any atom is -0.372 e. The third kappa shape index (κ3) is 4.54. The van der Waals surface area contributed by atoms with E-state index >= 15 is 0 Å². The van der Waals surface area contributed by atoms with E-state index in [2.05, 4.69) is 59.1 Å². The zero-order valence-corrected chi connectivity index (χ0v) is 15.5. The highest BCUT2D eigenvalue weighted by atomic mass is 16.5. The molecule has 2 heterocycles. The van der Waals surface area contributed by atoms with Crippen LogP contribution in [-0.2, 0) is 15.6 Å². The van der Waals surface area contributed by atoms with E-state index in [4.69, 9.17) is 14.7 Å². The lowest BCUT2D eigenvalue weighted by atomic mass is 9.90. The molecule has 1 fully saturated rings. The van der Waals surface area contributed by atoms with E-state index in [1.807, 2.05) is 6.08 Å². The Morgan fingerprint density at radius 1 is 1.22 bits per heavy atom. The second-order valence-electron chi connectivity index (χ2n) is 8.41. The number of aromatic nitrogens is 2. The molecule has 1 unspecified atom stereocenters. The highest BCUT2D eigenvalue weighted by Gasteiger charge is 2.28. The van der Waals surface area contributed by atoms with E-state index in [0.29, 0.717) is 6.61 Å². The number of ether oxygens (including phenoxy) is 1. The van der Waals surface area contributed by atoms with Gasteiger partial charge in [0.1, 0.15) is 11.6 Å². The fourth-order valence-corrected chi connectivity index (χ4v) is 2.59. The Bertz CT molecular complexity index is 522. The number of anilines is 1. The molecule has 0 aliphatic carbocycles. The lowest BCUT2D eigenvalue weighted by Crippen LogP contribution is -2.28. The van der Waals surface area contributed by atoms with Gasteiger partial charge < -0.3 is 9.64 Å². The summed E-state index contributed by atoms with van der Waals surface area (Å²) >= 11 is 0. The van der Waals surface area contributed by atoms with Crippen LogP contribution in [-0.4, -0.2) is 35.8 Å². The minimum absolute atomic E-state index is 0.0101. The van der Waals surface area contributed by atoms with E-state index in [9.17, 15) is 0 Å². The van der Waals surface area contributed by atoms with Gasteiger partial charge in [0.25, 0.3) is 0 Å². The van der Waals surface area contributed by atoms with Crippen molar-refractivity contribution >= 4 is 5.82 Å². The monoisotopic (exact) mass is 317 g/mol. The Hall–Kier alpha value is -1.42. The Labute approximate surface area is 141 Å². The molecule has 1 aliphatic heterocycles. The summed E-state index contributed by atoms with van der Waals surface area (Å²) in [6.45, 7) is 19.3. The van der Waals surface area contributed by atoms with Crippen LogP contribution in [0.2, 0.25) is 0 Å². The molecular weight excluding hydrogens is 286 g/mol. The first kappa shape index (κ1) is 17.9. The van der Waals surface area contributed by atoms with Crippen molar-refractivity contribution in [3.05, 3.63) is 30.2 Å². The number of hydrogen-bond acceptors (Lipinski definition) is 4. The molecular formula is C19H31N3O. The van der Waals surface area contributed by atoms with Crippen LogP contribution in [0.25, 0.3) is 0 Å². The van der Waals surface area contributed by atoms with Crippen LogP contribution >= 0.6 is 0 Å². The molecule has 0 bridgehead atoms. The van der Waals surface area contributed by atoms with Crippen LogP contribution in [0.5, 0.6) is 0 Å². The molecule has 1 aliphatic rings. The van der Waals surface area contributed by atoms with Crippen LogP contribution in [0.1, 0.15) is 59.5 Å². The van der Waals surface area contributed by atoms with E-state index in [1.165, 1.54) is 0 Å². The summed E-state index contributed by atoms with van der Waals surface area (Å²) < 4.78 is 5.80. The maximum Gasteiger partial charge on any atom is 0.136 e. The first-order valence-electron chi connectivity index (χ1n) is 8.49. The summed E-state index contributed by atoms with van der Waals surface area (Å²) in [6, 6.07) is 2.14. The van der Waals surface area contributed by atoms with Crippen molar-refractivity contribution in [2.24, 2.45) is 0 Å². The highest BCUT2D eigenvalue weighted by Crippen LogP contribution is 2.29. The van der Waals surface area contributed by atoms with Crippen molar-refractivity contribution < 1.29 is 4.74 Å². The normalized spacial score (nSPS) is 19.2. The van der Waals surface area contributed by atoms with Gasteiger partial charge in [-0.3, -0.25) is 0 Å². The van der Waals surface area contributed by atoms with Crippen molar-refractivity contribution in [3.8, 4) is 0 Å². The van der Waals surface area contributed by atoms with Gasteiger partial charge >= 0.3 is 0 Å². The van der Waals surface area contributed by atoms with Gasteiger partial charge in [0.2, 0.25) is 0 Å². The summed E-state index contributed by atoms with van der Waals surface area (Å²) in [4.78, 5) is 12.0. The zero-order chi connectivity index (χ0) is 17.3. The van der Waals surface area contributed by atoms with Gasteiger partial charge in [-0.1, -0.05) is 47.6 Å². The predicted molar refractivity (Wildman–Crippen MR) is 96.2 cm³/mol. The quantitative estimate of drug-likeness (QED) is 0.791. The standard InChI is InChI=1S/C19H31N3O/c1-8-11-23-14-9-10-22(13-14)16-12-15(18(2,3)4)20-17(21-16)19(5,6)7/h8,12,14H,1,9-11,13H2,2-7H3. The maximum absolute atomic E-state index is 5.80. The van der Waals surface area contributed by atoms with Crippen molar-refractivity contribution in [2.45, 2.75) is 64.9 Å². The molecule has 128 valence electrons. The molecule has 0 aromatic carbocycles. The predicted octanol–water partition coefficient (Wildman–Crippen LogP) is 3.85. The van der Waals surface area contributed by atoms with Crippen LogP contribution in [0.15, 0.2) is 18.7 Å². The summed E-state index contributed by atoms with van der Waals surface area (Å²) in [5.41, 5.74) is 1.05. The third-order valence-corrected chi connectivity index (χ3v) is 4.07. The highest BCUT2D eigenvalue weighted by molar-refractivity contribution is 5.43. The molecule has 0 spiro atoms. The van der Waals surface area contributed by atoms with Crippen molar-refractivity contribution in [2.75, 3.05) is 24.6 Å². The molecule has 1 aromatic heterocycles. The summed E-state index contributed by atoms with van der Waals surface area (Å²) in [6.07, 6.45) is 3.11. The van der Waals surface area contributed by atoms with E-state index in [1.54, 1.807) is 0 Å². The van der Waals surface area contributed by atoms with Crippen LogP contribution < -0.4 is 4.90 Å². The topological polar surface area (TPSA) is 38.2 Å². The third-order valence-electron chi connectivity index (χ3n) is 4.07. The van der Waals surface area contributed by atoms with Gasteiger partial charge in [-0.25, -0.2) is 9.97 Å². The SMILES string of the molecule is C=CCOC1CCN(c2cc(C(C)(C)C)nc(C(C)(C)C)n2)C1. The fourth-order valence-electron chi connectivity index (χ4n) is 2.59. The number of nitrogens with zero attached hydrogens (tertiary/aromatic N) is 3. The van der Waals surface area contributed by atoms with Crippen molar-refractivity contribution in [1.29, 1.82) is 0 Å². The molecule has 1 saturated heterocycles. The van der Waals surface area contributed by atoms with Gasteiger partial charge in [0, 0.05) is 30.0 Å². The van der Waals surface area contributed by atoms with Crippen LogP contribution in [0, 0.1) is 0 Å². The van der Waals surface area contributed by atoms with Gasteiger partial charge in [-0.15, -0.1) is 6.58 Å². The van der Waals surface area contributed by atoms with Crippen molar-refractivity contribution in [3.63, 3.8) is 0 Å². The molecule has 23 heavy (non-hydrogen) atoms. The van der Waals surface area contributed by atoms with Gasteiger partial charge in [-0.2, -0.15) is 0 Å². The van der Waals surface area contributed by atoms with E-state index in [0.717, 1.165) is 36.8 Å². The molecule has 4 nitrogen and oxygen atoms in total. The Morgan fingerprint density at radius 3 is 2.48 bits per heavy atom. The summed E-state index contributed by atoms with van der Waals surface area (Å²) in [5.74, 6) is 1.94. The Balaban J connectivity index is 2.30. The summed E-state index contributed by atoms with van der Waals surface area (Å²) in [7, 11) is 0. The summed E-state index contributed by atoms with van der Waals surface area (Å²) in [5, 5.41) is 0. The average Bonchev–Trinajstić information content (AvgIpc) is 2.91. The minimum atomic E-state index is -0.0610. The van der Waals surface area contributed by atoms with E-state index < -0.39 is 0 Å². The fraction of sp³-hybridized carbons (Fsp3) is 0.684. The molecule has 0 radical (unpaired) electrons. The van der Waals surface area contributed by atoms with Gasteiger partial charge in [0.05, 0.1) is 18.4 Å². The molecule has 0 amide bonds. The first-order chi connectivity index (χ1) is 10.6. The maximum atomic E-state index is 5.80. The molecule has 0 saturated carbocycles. The lowest BCUT2D eigenvalue weighted by Gasteiger charge is -2.26. The second-order valence-corrected chi connectivity index (χ2v) is 8.41. The number of hydrogen-bond donors (Lipinski definition) is 0. The smallest absolute Gasteiger partial charge is 0.136 e. The molecule has 4 heteroatoms. The first-order valence-corrected chi connectivity index (χ1v) is 8.49. The largest absolute Gasteiger partial charge is 0.372 e. The lowest BCUT2D eigenvalue weighted by molar-refractivity contribution is 0.0909. The van der Waals surface area contributed by atoms with Crippen LogP contribution in [0.3, 0.4) is 0 Å². The number of rotatable bonds is 4. The Kier molecular flexibility index (Phi) is 5.14. The Morgan fingerprint density at radius 2 is 1.91 bits per heavy atom. The van der Waals surface area contributed by atoms with Crippen LogP contribution in [0.4, 0.5) is 5.82 Å². The zero-order valence-electron chi connectivity index (χ0n) is 15.5. The van der Waals surface area contributed by atoms with E-state index in [-0.39, 0.29) is 16.9 Å². The van der Waals surface area contributed by atoms with Gasteiger partial charge in [-0.05, 0) is 6.42 Å².